The first-order valence-corrected chi connectivity index (χ1v) is 9.73. The molecule has 2 atom stereocenters. The number of benzene rings is 1. The average Bonchev–Trinajstić information content (AvgIpc) is 2.54. The van der Waals surface area contributed by atoms with Crippen LogP contribution in [-0.2, 0) is 14.8 Å². The maximum absolute atomic E-state index is 12.5. The molecule has 6 nitrogen and oxygen atoms in total. The molecule has 24 heavy (non-hydrogen) atoms. The summed E-state index contributed by atoms with van der Waals surface area (Å²) in [6.07, 6.45) is 2.31. The number of nitrogens with one attached hydrogen (secondary N) is 1. The van der Waals surface area contributed by atoms with Crippen LogP contribution in [0.25, 0.3) is 0 Å². The Labute approximate surface area is 144 Å². The number of sulfonamides is 1. The van der Waals surface area contributed by atoms with Gasteiger partial charge in [-0.3, -0.25) is 9.69 Å². The number of rotatable bonds is 5. The van der Waals surface area contributed by atoms with Gasteiger partial charge in [0.2, 0.25) is 15.9 Å². The number of hydrogen-bond donors (Lipinski definition) is 1. The van der Waals surface area contributed by atoms with Crippen LogP contribution in [0.2, 0.25) is 0 Å². The molecule has 2 rings (SSSR count). The van der Waals surface area contributed by atoms with Crippen LogP contribution in [0.5, 0.6) is 0 Å². The second kappa shape index (κ2) is 7.63. The standard InChI is InChI=1S/C17H27N3O3S/c1-13-7-6-10-20(12-13)14(2)17(21)18-15-8-5-9-16(11-15)24(22,23)19(3)4/h5,8-9,11,13-14H,6-7,10,12H2,1-4H3,(H,18,21). The quantitative estimate of drug-likeness (QED) is 0.879. The van der Waals surface area contributed by atoms with E-state index >= 15 is 0 Å². The van der Waals surface area contributed by atoms with Crippen molar-refractivity contribution >= 4 is 21.6 Å². The minimum atomic E-state index is -3.51. The molecule has 0 spiro atoms. The zero-order valence-corrected chi connectivity index (χ0v) is 15.6. The molecule has 1 N–H and O–H groups in total. The van der Waals surface area contributed by atoms with Crippen LogP contribution in [0.15, 0.2) is 29.2 Å². The minimum absolute atomic E-state index is 0.108. The van der Waals surface area contributed by atoms with Gasteiger partial charge in [-0.1, -0.05) is 13.0 Å². The lowest BCUT2D eigenvalue weighted by Gasteiger charge is -2.34. The molecule has 0 bridgehead atoms. The van der Waals surface area contributed by atoms with Gasteiger partial charge >= 0.3 is 0 Å². The second-order valence-electron chi connectivity index (χ2n) is 6.72. The molecular formula is C17H27N3O3S. The summed E-state index contributed by atoms with van der Waals surface area (Å²) in [5.41, 5.74) is 0.500. The summed E-state index contributed by atoms with van der Waals surface area (Å²) in [6.45, 7) is 5.94. The van der Waals surface area contributed by atoms with Gasteiger partial charge in [0.15, 0.2) is 0 Å². The van der Waals surface area contributed by atoms with Crippen molar-refractivity contribution in [3.63, 3.8) is 0 Å². The van der Waals surface area contributed by atoms with Crippen LogP contribution < -0.4 is 5.32 Å². The van der Waals surface area contributed by atoms with Gasteiger partial charge in [0.25, 0.3) is 0 Å². The van der Waals surface area contributed by atoms with Crippen molar-refractivity contribution in [2.45, 2.75) is 37.6 Å². The topological polar surface area (TPSA) is 69.7 Å². The van der Waals surface area contributed by atoms with Crippen molar-refractivity contribution in [3.8, 4) is 0 Å². The molecule has 0 aliphatic carbocycles. The third-order valence-electron chi connectivity index (χ3n) is 4.50. The molecule has 134 valence electrons. The fourth-order valence-electron chi connectivity index (χ4n) is 2.94. The van der Waals surface area contributed by atoms with Crippen LogP contribution in [0.3, 0.4) is 0 Å². The van der Waals surface area contributed by atoms with E-state index in [2.05, 4.69) is 17.1 Å². The second-order valence-corrected chi connectivity index (χ2v) is 8.87. The average molecular weight is 353 g/mol. The molecule has 1 aliphatic rings. The Morgan fingerprint density at radius 1 is 1.38 bits per heavy atom. The highest BCUT2D eigenvalue weighted by atomic mass is 32.2. The van der Waals surface area contributed by atoms with Gasteiger partial charge in [-0.05, 0) is 50.4 Å². The maximum Gasteiger partial charge on any atom is 0.242 e. The number of carbonyl (C=O) groups is 1. The fourth-order valence-corrected chi connectivity index (χ4v) is 3.88. The van der Waals surface area contributed by atoms with E-state index in [1.807, 2.05) is 6.92 Å². The predicted octanol–water partition coefficient (Wildman–Crippen LogP) is 2.00. The number of likely N-dealkylation sites (tertiary alicyclic amines) is 1. The molecule has 1 saturated heterocycles. The van der Waals surface area contributed by atoms with Gasteiger partial charge in [0, 0.05) is 26.3 Å². The van der Waals surface area contributed by atoms with Crippen LogP contribution in [-0.4, -0.2) is 56.8 Å². The smallest absolute Gasteiger partial charge is 0.242 e. The zero-order chi connectivity index (χ0) is 17.9. The molecule has 1 heterocycles. The van der Waals surface area contributed by atoms with Crippen LogP contribution >= 0.6 is 0 Å². The summed E-state index contributed by atoms with van der Waals surface area (Å²) >= 11 is 0. The molecule has 7 heteroatoms. The monoisotopic (exact) mass is 353 g/mol. The molecule has 0 aromatic heterocycles. The van der Waals surface area contributed by atoms with Gasteiger partial charge in [0.05, 0.1) is 10.9 Å². The Balaban J connectivity index is 2.09. The summed E-state index contributed by atoms with van der Waals surface area (Å²) in [5.74, 6) is 0.492. The summed E-state index contributed by atoms with van der Waals surface area (Å²) < 4.78 is 25.5. The predicted molar refractivity (Wildman–Crippen MR) is 95.4 cm³/mol. The largest absolute Gasteiger partial charge is 0.325 e. The third-order valence-corrected chi connectivity index (χ3v) is 6.31. The van der Waals surface area contributed by atoms with E-state index in [9.17, 15) is 13.2 Å². The molecule has 0 saturated carbocycles. The first kappa shape index (κ1) is 18.9. The lowest BCUT2D eigenvalue weighted by atomic mass is 9.99. The van der Waals surface area contributed by atoms with Crippen LogP contribution in [0.4, 0.5) is 5.69 Å². The van der Waals surface area contributed by atoms with E-state index in [4.69, 9.17) is 0 Å². The SMILES string of the molecule is CC1CCCN(C(C)C(=O)Nc2cccc(S(=O)(=O)N(C)C)c2)C1. The number of amides is 1. The van der Waals surface area contributed by atoms with Crippen molar-refractivity contribution in [3.05, 3.63) is 24.3 Å². The molecule has 1 fully saturated rings. The summed E-state index contributed by atoms with van der Waals surface area (Å²) in [4.78, 5) is 14.9. The number of hydrogen-bond acceptors (Lipinski definition) is 4. The van der Waals surface area contributed by atoms with E-state index in [0.717, 1.165) is 23.8 Å². The number of nitrogens with zero attached hydrogens (tertiary/aromatic N) is 2. The molecule has 1 aromatic carbocycles. The molecule has 1 aliphatic heterocycles. The van der Waals surface area contributed by atoms with Crippen LogP contribution in [0.1, 0.15) is 26.7 Å². The number of carbonyl (C=O) groups excluding carboxylic acids is 1. The van der Waals surface area contributed by atoms with Gasteiger partial charge in [-0.2, -0.15) is 0 Å². The molecular weight excluding hydrogens is 326 g/mol. The van der Waals surface area contributed by atoms with Crippen molar-refractivity contribution < 1.29 is 13.2 Å². The first-order valence-electron chi connectivity index (χ1n) is 8.29. The highest BCUT2D eigenvalue weighted by molar-refractivity contribution is 7.89. The highest BCUT2D eigenvalue weighted by Gasteiger charge is 2.26. The van der Waals surface area contributed by atoms with Crippen molar-refractivity contribution in [1.82, 2.24) is 9.21 Å². The van der Waals surface area contributed by atoms with Crippen molar-refractivity contribution in [2.24, 2.45) is 5.92 Å². The van der Waals surface area contributed by atoms with Gasteiger partial charge in [-0.15, -0.1) is 0 Å². The Hall–Kier alpha value is -1.44. The van der Waals surface area contributed by atoms with Crippen molar-refractivity contribution in [1.29, 1.82) is 0 Å². The Bertz CT molecular complexity index is 688. The minimum Gasteiger partial charge on any atom is -0.325 e. The zero-order valence-electron chi connectivity index (χ0n) is 14.8. The highest BCUT2D eigenvalue weighted by Crippen LogP contribution is 2.20. The van der Waals surface area contributed by atoms with Gasteiger partial charge < -0.3 is 5.32 Å². The normalized spacial score (nSPS) is 20.8. The lowest BCUT2D eigenvalue weighted by Crippen LogP contribution is -2.46. The molecule has 1 aromatic rings. The Kier molecular flexibility index (Phi) is 6.01. The van der Waals surface area contributed by atoms with E-state index < -0.39 is 10.0 Å². The first-order chi connectivity index (χ1) is 11.2. The number of piperidine rings is 1. The fraction of sp³-hybridized carbons (Fsp3) is 0.588. The summed E-state index contributed by atoms with van der Waals surface area (Å²) in [7, 11) is -0.539. The van der Waals surface area contributed by atoms with E-state index in [-0.39, 0.29) is 16.8 Å². The molecule has 2 unspecified atom stereocenters. The Morgan fingerprint density at radius 3 is 2.71 bits per heavy atom. The third kappa shape index (κ3) is 4.34. The Morgan fingerprint density at radius 2 is 2.08 bits per heavy atom. The van der Waals surface area contributed by atoms with Crippen molar-refractivity contribution in [2.75, 3.05) is 32.5 Å². The lowest BCUT2D eigenvalue weighted by molar-refractivity contribution is -0.121. The van der Waals surface area contributed by atoms with Gasteiger partial charge in [-0.25, -0.2) is 12.7 Å². The molecule has 1 amide bonds. The van der Waals surface area contributed by atoms with E-state index in [0.29, 0.717) is 11.6 Å². The summed E-state index contributed by atoms with van der Waals surface area (Å²) in [6, 6.07) is 6.14. The van der Waals surface area contributed by atoms with E-state index in [1.165, 1.54) is 32.6 Å². The van der Waals surface area contributed by atoms with Gasteiger partial charge in [0.1, 0.15) is 0 Å². The maximum atomic E-state index is 12.5. The molecule has 0 radical (unpaired) electrons. The van der Waals surface area contributed by atoms with E-state index in [1.54, 1.807) is 12.1 Å². The summed E-state index contributed by atoms with van der Waals surface area (Å²) in [5, 5.41) is 2.84. The number of anilines is 1. The van der Waals surface area contributed by atoms with Crippen LogP contribution in [0, 0.1) is 5.92 Å².